The van der Waals surface area contributed by atoms with Gasteiger partial charge in [0.1, 0.15) is 10.6 Å². The zero-order valence-corrected chi connectivity index (χ0v) is 11.1. The van der Waals surface area contributed by atoms with Gasteiger partial charge in [0.25, 0.3) is 5.91 Å². The van der Waals surface area contributed by atoms with Crippen molar-refractivity contribution in [3.05, 3.63) is 38.9 Å². The first-order valence-electron chi connectivity index (χ1n) is 5.80. The van der Waals surface area contributed by atoms with Crippen LogP contribution < -0.4 is 0 Å². The molecule has 1 saturated heterocycles. The maximum absolute atomic E-state index is 12.3. The Morgan fingerprint density at radius 1 is 1.58 bits per heavy atom. The van der Waals surface area contributed by atoms with Gasteiger partial charge in [-0.3, -0.25) is 14.9 Å². The predicted molar refractivity (Wildman–Crippen MR) is 69.4 cm³/mol. The number of benzene rings is 1. The quantitative estimate of drug-likeness (QED) is 0.629. The molecule has 1 aliphatic rings. The van der Waals surface area contributed by atoms with Crippen LogP contribution in [0.1, 0.15) is 16.8 Å². The third-order valence-corrected chi connectivity index (χ3v) is 3.48. The average Bonchev–Trinajstić information content (AvgIpc) is 2.90. The first-order chi connectivity index (χ1) is 9.02. The van der Waals surface area contributed by atoms with E-state index in [0.29, 0.717) is 13.2 Å². The van der Waals surface area contributed by atoms with Gasteiger partial charge in [0.2, 0.25) is 0 Å². The molecular formula is C12H13ClN2O4. The number of likely N-dealkylation sites (N-methyl/N-ethyl adjacent to an activating group) is 1. The molecule has 1 aliphatic heterocycles. The summed E-state index contributed by atoms with van der Waals surface area (Å²) in [5.74, 6) is -0.412. The Morgan fingerprint density at radius 2 is 2.32 bits per heavy atom. The maximum Gasteiger partial charge on any atom is 0.300 e. The number of hydrogen-bond donors (Lipinski definition) is 0. The lowest BCUT2D eigenvalue weighted by molar-refractivity contribution is -0.385. The lowest BCUT2D eigenvalue weighted by atomic mass is 10.1. The summed E-state index contributed by atoms with van der Waals surface area (Å²) in [6.07, 6.45) is 0.733. The number of carbonyl (C=O) groups is 1. The summed E-state index contributed by atoms with van der Waals surface area (Å²) in [4.78, 5) is 24.2. The number of para-hydroxylation sites is 1. The van der Waals surface area contributed by atoms with Crippen LogP contribution in [0.4, 0.5) is 5.69 Å². The lowest BCUT2D eigenvalue weighted by Gasteiger charge is -2.23. The van der Waals surface area contributed by atoms with E-state index >= 15 is 0 Å². The summed E-state index contributed by atoms with van der Waals surface area (Å²) in [5, 5.41) is 11.0. The maximum atomic E-state index is 12.3. The van der Waals surface area contributed by atoms with E-state index in [0.717, 1.165) is 6.42 Å². The van der Waals surface area contributed by atoms with Crippen molar-refractivity contribution in [2.24, 2.45) is 0 Å². The molecule has 1 fully saturated rings. The summed E-state index contributed by atoms with van der Waals surface area (Å²) in [7, 11) is 1.62. The Labute approximate surface area is 115 Å². The Kier molecular flexibility index (Phi) is 4.01. The van der Waals surface area contributed by atoms with Crippen molar-refractivity contribution in [2.75, 3.05) is 20.3 Å². The van der Waals surface area contributed by atoms with E-state index in [1.54, 1.807) is 7.05 Å². The van der Waals surface area contributed by atoms with E-state index in [-0.39, 0.29) is 22.3 Å². The van der Waals surface area contributed by atoms with Crippen LogP contribution in [0.25, 0.3) is 0 Å². The Bertz CT molecular complexity index is 514. The SMILES string of the molecule is CN(C(=O)c1cccc(Cl)c1[N+](=O)[O-])C1CCOC1. The predicted octanol–water partition coefficient (Wildman–Crippen LogP) is 2.11. The van der Waals surface area contributed by atoms with Crippen LogP contribution in [0.3, 0.4) is 0 Å². The minimum absolute atomic E-state index is 0.00639. The van der Waals surface area contributed by atoms with Gasteiger partial charge >= 0.3 is 5.69 Å². The van der Waals surface area contributed by atoms with Crippen molar-refractivity contribution in [1.29, 1.82) is 0 Å². The molecule has 102 valence electrons. The van der Waals surface area contributed by atoms with Gasteiger partial charge in [-0.15, -0.1) is 0 Å². The second-order valence-electron chi connectivity index (χ2n) is 4.33. The zero-order valence-electron chi connectivity index (χ0n) is 10.3. The summed E-state index contributed by atoms with van der Waals surface area (Å²) in [6, 6.07) is 4.29. The van der Waals surface area contributed by atoms with Crippen molar-refractivity contribution in [2.45, 2.75) is 12.5 Å². The molecule has 0 saturated carbocycles. The van der Waals surface area contributed by atoms with Crippen molar-refractivity contribution >= 4 is 23.2 Å². The number of carbonyl (C=O) groups excluding carboxylic acids is 1. The fourth-order valence-electron chi connectivity index (χ4n) is 2.06. The highest BCUT2D eigenvalue weighted by Crippen LogP contribution is 2.29. The van der Waals surface area contributed by atoms with E-state index in [4.69, 9.17) is 16.3 Å². The molecule has 1 aromatic rings. The number of amides is 1. The molecule has 0 aliphatic carbocycles. The molecule has 1 amide bonds. The number of nitro benzene ring substituents is 1. The molecule has 2 rings (SSSR count). The van der Waals surface area contributed by atoms with Crippen molar-refractivity contribution < 1.29 is 14.5 Å². The number of nitrogens with zero attached hydrogens (tertiary/aromatic N) is 2. The smallest absolute Gasteiger partial charge is 0.300 e. The summed E-state index contributed by atoms with van der Waals surface area (Å²) >= 11 is 5.80. The standard InChI is InChI=1S/C12H13ClN2O4/c1-14(8-5-6-19-7-8)12(16)9-3-2-4-10(13)11(9)15(17)18/h2-4,8H,5-7H2,1H3. The van der Waals surface area contributed by atoms with Crippen molar-refractivity contribution in [3.63, 3.8) is 0 Å². The number of nitro groups is 1. The largest absolute Gasteiger partial charge is 0.379 e. The molecule has 0 bridgehead atoms. The molecule has 0 N–H and O–H groups in total. The van der Waals surface area contributed by atoms with Crippen LogP contribution >= 0.6 is 11.6 Å². The molecule has 6 nitrogen and oxygen atoms in total. The second-order valence-corrected chi connectivity index (χ2v) is 4.73. The van der Waals surface area contributed by atoms with E-state index < -0.39 is 10.8 Å². The van der Waals surface area contributed by atoms with Gasteiger partial charge in [-0.2, -0.15) is 0 Å². The van der Waals surface area contributed by atoms with Crippen molar-refractivity contribution in [3.8, 4) is 0 Å². The molecule has 1 aromatic carbocycles. The second kappa shape index (κ2) is 5.54. The highest BCUT2D eigenvalue weighted by atomic mass is 35.5. The summed E-state index contributed by atoms with van der Waals surface area (Å²) in [5.41, 5.74) is -0.341. The van der Waals surface area contributed by atoms with Crippen LogP contribution in [-0.2, 0) is 4.74 Å². The van der Waals surface area contributed by atoms with Crippen LogP contribution in [0, 0.1) is 10.1 Å². The molecule has 1 heterocycles. The molecule has 1 unspecified atom stereocenters. The lowest BCUT2D eigenvalue weighted by Crippen LogP contribution is -2.37. The van der Waals surface area contributed by atoms with Gasteiger partial charge in [-0.25, -0.2) is 0 Å². The number of rotatable bonds is 3. The molecule has 1 atom stereocenters. The normalized spacial score (nSPS) is 18.3. The molecule has 7 heteroatoms. The average molecular weight is 285 g/mol. The molecule has 0 spiro atoms. The Balaban J connectivity index is 2.33. The Morgan fingerprint density at radius 3 is 2.89 bits per heavy atom. The van der Waals surface area contributed by atoms with Crippen LogP contribution in [0.2, 0.25) is 5.02 Å². The fraction of sp³-hybridized carbons (Fsp3) is 0.417. The minimum atomic E-state index is -0.630. The zero-order chi connectivity index (χ0) is 14.0. The van der Waals surface area contributed by atoms with Gasteiger partial charge < -0.3 is 9.64 Å². The van der Waals surface area contributed by atoms with E-state index in [1.807, 2.05) is 0 Å². The molecule has 0 radical (unpaired) electrons. The highest BCUT2D eigenvalue weighted by molar-refractivity contribution is 6.33. The van der Waals surface area contributed by atoms with Crippen LogP contribution in [0.15, 0.2) is 18.2 Å². The van der Waals surface area contributed by atoms with Gasteiger partial charge in [-0.05, 0) is 18.6 Å². The van der Waals surface area contributed by atoms with Gasteiger partial charge in [0, 0.05) is 13.7 Å². The molecular weight excluding hydrogens is 272 g/mol. The Hall–Kier alpha value is -1.66. The third kappa shape index (κ3) is 2.69. The number of ether oxygens (including phenoxy) is 1. The summed E-state index contributed by atoms with van der Waals surface area (Å²) in [6.45, 7) is 1.05. The van der Waals surface area contributed by atoms with E-state index in [2.05, 4.69) is 0 Å². The monoisotopic (exact) mass is 284 g/mol. The van der Waals surface area contributed by atoms with Gasteiger partial charge in [0.15, 0.2) is 0 Å². The van der Waals surface area contributed by atoms with Crippen molar-refractivity contribution in [1.82, 2.24) is 4.90 Å². The molecule has 19 heavy (non-hydrogen) atoms. The molecule has 0 aromatic heterocycles. The number of hydrogen-bond acceptors (Lipinski definition) is 4. The van der Waals surface area contributed by atoms with E-state index in [1.165, 1.54) is 23.1 Å². The summed E-state index contributed by atoms with van der Waals surface area (Å²) < 4.78 is 5.21. The van der Waals surface area contributed by atoms with Gasteiger partial charge in [-0.1, -0.05) is 17.7 Å². The highest BCUT2D eigenvalue weighted by Gasteiger charge is 2.30. The minimum Gasteiger partial charge on any atom is -0.379 e. The van der Waals surface area contributed by atoms with E-state index in [9.17, 15) is 14.9 Å². The van der Waals surface area contributed by atoms with Crippen LogP contribution in [-0.4, -0.2) is 42.0 Å². The van der Waals surface area contributed by atoms with Crippen LogP contribution in [0.5, 0.6) is 0 Å². The third-order valence-electron chi connectivity index (χ3n) is 3.17. The topological polar surface area (TPSA) is 72.7 Å². The first-order valence-corrected chi connectivity index (χ1v) is 6.18. The first kappa shape index (κ1) is 13.8. The fourth-order valence-corrected chi connectivity index (χ4v) is 2.30. The number of halogens is 1. The van der Waals surface area contributed by atoms with Gasteiger partial charge in [0.05, 0.1) is 17.6 Å².